The normalized spacial score (nSPS) is 11.5. The number of carboxylic acid groups (broad SMARTS) is 1. The number of hydrogen-bond donors (Lipinski definition) is 2. The second-order valence-electron chi connectivity index (χ2n) is 3.03. The third-order valence-electron chi connectivity index (χ3n) is 1.83. The van der Waals surface area contributed by atoms with Crippen molar-refractivity contribution in [2.24, 2.45) is 0 Å². The fraction of sp³-hybridized carbons (Fsp3) is 0.182. The van der Waals surface area contributed by atoms with Crippen molar-refractivity contribution in [3.05, 3.63) is 29.6 Å². The minimum atomic E-state index is -1.29. The van der Waals surface area contributed by atoms with E-state index in [1.165, 1.54) is 12.1 Å². The zero-order chi connectivity index (χ0) is 11.4. The van der Waals surface area contributed by atoms with Crippen LogP contribution in [0.15, 0.2) is 18.2 Å². The lowest BCUT2D eigenvalue weighted by atomic mass is 10.2. The second kappa shape index (κ2) is 4.47. The van der Waals surface area contributed by atoms with Crippen molar-refractivity contribution in [1.82, 2.24) is 0 Å². The highest BCUT2D eigenvalue weighted by atomic mass is 19.1. The Morgan fingerprint density at radius 3 is 2.80 bits per heavy atom. The first kappa shape index (κ1) is 11.1. The lowest BCUT2D eigenvalue weighted by Crippen LogP contribution is -2.12. The molecule has 0 radical (unpaired) electrons. The summed E-state index contributed by atoms with van der Waals surface area (Å²) in [6, 6.07) is 3.54. The Kier molecular flexibility index (Phi) is 3.29. The molecule has 0 saturated carbocycles. The molecule has 3 nitrogen and oxygen atoms in total. The molecule has 1 aromatic carbocycles. The van der Waals surface area contributed by atoms with Crippen molar-refractivity contribution < 1.29 is 14.3 Å². The lowest BCUT2D eigenvalue weighted by molar-refractivity contribution is 0.0692. The Morgan fingerprint density at radius 2 is 2.33 bits per heavy atom. The fourth-order valence-electron chi connectivity index (χ4n) is 1.07. The van der Waals surface area contributed by atoms with Gasteiger partial charge in [-0.25, -0.2) is 9.18 Å². The van der Waals surface area contributed by atoms with Crippen LogP contribution in [0.1, 0.15) is 17.3 Å². The van der Waals surface area contributed by atoms with Gasteiger partial charge in [-0.05, 0) is 25.1 Å². The van der Waals surface area contributed by atoms with Gasteiger partial charge in [-0.1, -0.05) is 5.92 Å². The summed E-state index contributed by atoms with van der Waals surface area (Å²) in [5.74, 6) is 0.352. The number of rotatable bonds is 3. The predicted molar refractivity (Wildman–Crippen MR) is 55.3 cm³/mol. The Balaban J connectivity index is 2.93. The summed E-state index contributed by atoms with van der Waals surface area (Å²) in [5.41, 5.74) is 0.108. The third-order valence-corrected chi connectivity index (χ3v) is 1.83. The molecular formula is C11H10FNO2. The molecule has 1 atom stereocenters. The molecule has 1 aromatic rings. The van der Waals surface area contributed by atoms with Gasteiger partial charge < -0.3 is 10.4 Å². The van der Waals surface area contributed by atoms with Gasteiger partial charge in [0.15, 0.2) is 0 Å². The van der Waals surface area contributed by atoms with Crippen LogP contribution in [-0.4, -0.2) is 17.1 Å². The molecule has 0 aromatic heterocycles. The number of terminal acetylenes is 1. The van der Waals surface area contributed by atoms with E-state index in [4.69, 9.17) is 11.5 Å². The van der Waals surface area contributed by atoms with Crippen LogP contribution < -0.4 is 5.32 Å². The minimum Gasteiger partial charge on any atom is -0.478 e. The largest absolute Gasteiger partial charge is 0.478 e. The van der Waals surface area contributed by atoms with E-state index in [0.717, 1.165) is 6.07 Å². The van der Waals surface area contributed by atoms with Crippen LogP contribution in [0, 0.1) is 18.2 Å². The Hall–Kier alpha value is -2.02. The molecule has 0 spiro atoms. The summed E-state index contributed by atoms with van der Waals surface area (Å²) in [6.45, 7) is 1.74. The summed E-state index contributed by atoms with van der Waals surface area (Å²) >= 11 is 0. The van der Waals surface area contributed by atoms with Gasteiger partial charge in [0, 0.05) is 5.69 Å². The molecule has 0 amide bonds. The van der Waals surface area contributed by atoms with Gasteiger partial charge in [0.25, 0.3) is 0 Å². The summed E-state index contributed by atoms with van der Waals surface area (Å²) in [4.78, 5) is 10.5. The minimum absolute atomic E-state index is 0.236. The number of carboxylic acids is 1. The number of anilines is 1. The average Bonchev–Trinajstić information content (AvgIpc) is 2.17. The fourth-order valence-corrected chi connectivity index (χ4v) is 1.07. The maximum absolute atomic E-state index is 13.2. The van der Waals surface area contributed by atoms with Gasteiger partial charge in [-0.2, -0.15) is 0 Å². The summed E-state index contributed by atoms with van der Waals surface area (Å²) < 4.78 is 13.2. The van der Waals surface area contributed by atoms with Gasteiger partial charge in [0.05, 0.1) is 11.6 Å². The van der Waals surface area contributed by atoms with Gasteiger partial charge >= 0.3 is 5.97 Å². The van der Waals surface area contributed by atoms with E-state index in [2.05, 4.69) is 11.2 Å². The first-order valence-corrected chi connectivity index (χ1v) is 4.30. The molecule has 0 fully saturated rings. The van der Waals surface area contributed by atoms with Gasteiger partial charge in [-0.3, -0.25) is 0 Å². The second-order valence-corrected chi connectivity index (χ2v) is 3.03. The van der Waals surface area contributed by atoms with Crippen LogP contribution in [0.3, 0.4) is 0 Å². The standard InChI is InChI=1S/C11H10FNO2/c1-3-7(2)13-8-4-5-9(11(14)15)10(12)6-8/h1,4-7,13H,2H3,(H,14,15). The number of aromatic carboxylic acids is 1. The van der Waals surface area contributed by atoms with Crippen LogP contribution in [0.25, 0.3) is 0 Å². The Labute approximate surface area is 86.9 Å². The number of benzene rings is 1. The predicted octanol–water partition coefficient (Wildman–Crippen LogP) is 1.96. The van der Waals surface area contributed by atoms with Crippen LogP contribution in [0.5, 0.6) is 0 Å². The van der Waals surface area contributed by atoms with Gasteiger partial charge in [0.1, 0.15) is 5.82 Å². The van der Waals surface area contributed by atoms with Crippen LogP contribution in [0.4, 0.5) is 10.1 Å². The molecule has 0 aliphatic rings. The van der Waals surface area contributed by atoms with Crippen molar-refractivity contribution in [2.45, 2.75) is 13.0 Å². The zero-order valence-electron chi connectivity index (χ0n) is 8.12. The summed E-state index contributed by atoms with van der Waals surface area (Å²) in [5, 5.41) is 11.4. The van der Waals surface area contributed by atoms with E-state index in [0.29, 0.717) is 5.69 Å². The van der Waals surface area contributed by atoms with Crippen LogP contribution in [-0.2, 0) is 0 Å². The van der Waals surface area contributed by atoms with E-state index in [9.17, 15) is 9.18 Å². The number of halogens is 1. The molecule has 1 rings (SSSR count). The number of carbonyl (C=O) groups is 1. The first-order chi connectivity index (χ1) is 7.04. The molecule has 0 heterocycles. The molecule has 0 aliphatic carbocycles. The molecule has 0 aliphatic heterocycles. The van der Waals surface area contributed by atoms with Crippen molar-refractivity contribution >= 4 is 11.7 Å². The molecule has 1 unspecified atom stereocenters. The third kappa shape index (κ3) is 2.71. The molecule has 2 N–H and O–H groups in total. The monoisotopic (exact) mass is 207 g/mol. The smallest absolute Gasteiger partial charge is 0.338 e. The van der Waals surface area contributed by atoms with Crippen LogP contribution >= 0.6 is 0 Å². The summed E-state index contributed by atoms with van der Waals surface area (Å²) in [6.07, 6.45) is 5.14. The van der Waals surface area contributed by atoms with E-state index in [1.54, 1.807) is 6.92 Å². The van der Waals surface area contributed by atoms with Crippen molar-refractivity contribution in [3.63, 3.8) is 0 Å². The first-order valence-electron chi connectivity index (χ1n) is 4.30. The van der Waals surface area contributed by atoms with E-state index in [-0.39, 0.29) is 11.6 Å². The highest BCUT2D eigenvalue weighted by Gasteiger charge is 2.10. The quantitative estimate of drug-likeness (QED) is 0.745. The molecular weight excluding hydrogens is 197 g/mol. The van der Waals surface area contributed by atoms with Gasteiger partial charge in [0.2, 0.25) is 0 Å². The van der Waals surface area contributed by atoms with E-state index < -0.39 is 11.8 Å². The van der Waals surface area contributed by atoms with Gasteiger partial charge in [-0.15, -0.1) is 6.42 Å². The van der Waals surface area contributed by atoms with E-state index in [1.807, 2.05) is 0 Å². The number of hydrogen-bond acceptors (Lipinski definition) is 2. The lowest BCUT2D eigenvalue weighted by Gasteiger charge is -2.09. The highest BCUT2D eigenvalue weighted by molar-refractivity contribution is 5.88. The average molecular weight is 207 g/mol. The maximum Gasteiger partial charge on any atom is 0.338 e. The van der Waals surface area contributed by atoms with Crippen LogP contribution in [0.2, 0.25) is 0 Å². The molecule has 4 heteroatoms. The van der Waals surface area contributed by atoms with Crippen molar-refractivity contribution in [3.8, 4) is 12.3 Å². The topological polar surface area (TPSA) is 49.3 Å². The van der Waals surface area contributed by atoms with E-state index >= 15 is 0 Å². The van der Waals surface area contributed by atoms with Crippen molar-refractivity contribution in [1.29, 1.82) is 0 Å². The molecule has 0 bridgehead atoms. The SMILES string of the molecule is C#CC(C)Nc1ccc(C(=O)O)c(F)c1. The Morgan fingerprint density at radius 1 is 1.67 bits per heavy atom. The van der Waals surface area contributed by atoms with Crippen molar-refractivity contribution in [2.75, 3.05) is 5.32 Å². The zero-order valence-corrected chi connectivity index (χ0v) is 8.12. The maximum atomic E-state index is 13.2. The molecule has 15 heavy (non-hydrogen) atoms. The Bertz CT molecular complexity index is 423. The number of nitrogens with one attached hydrogen (secondary N) is 1. The molecule has 78 valence electrons. The highest BCUT2D eigenvalue weighted by Crippen LogP contribution is 2.15. The molecule has 0 saturated heterocycles. The summed E-state index contributed by atoms with van der Waals surface area (Å²) in [7, 11) is 0.